The fourth-order valence-electron chi connectivity index (χ4n) is 3.35. The molecule has 2 rings (SSSR count). The Kier molecular flexibility index (Phi) is 7.50. The van der Waals surface area contributed by atoms with Crippen LogP contribution in [0.2, 0.25) is 0 Å². The molecule has 2 heterocycles. The van der Waals surface area contributed by atoms with Crippen LogP contribution in [0, 0.1) is 0 Å². The summed E-state index contributed by atoms with van der Waals surface area (Å²) >= 11 is 0. The Morgan fingerprint density at radius 1 is 0.966 bits per heavy atom. The zero-order valence-electron chi connectivity index (χ0n) is 16.1. The number of carbonyl (C=O) groups excluding carboxylic acids is 2. The Morgan fingerprint density at radius 2 is 1.52 bits per heavy atom. The number of hydrogen-bond donors (Lipinski definition) is 7. The molecule has 166 valence electrons. The van der Waals surface area contributed by atoms with Crippen molar-refractivity contribution in [2.24, 2.45) is 5.73 Å². The number of aliphatic hydroxyl groups excluding tert-OH is 3. The molecule has 0 aliphatic carbocycles. The zero-order valence-corrected chi connectivity index (χ0v) is 16.1. The number of aliphatic hydroxyl groups is 3. The number of hydrogen-bond acceptors (Lipinski definition) is 10. The van der Waals surface area contributed by atoms with Gasteiger partial charge in [0.05, 0.1) is 12.1 Å². The molecular weight excluding hydrogens is 394 g/mol. The SMILES string of the molecule is CC(=O)N[C@@H]1[C@@H](O[C@H]2[C@@H](N)[C@@H](C)O[C@@H](O)[C@@H]2NC(C)=O)O[C@H](C(=O)O)[C@@H](O)[C@H]1O. The number of ether oxygens (including phenoxy) is 3. The Labute approximate surface area is 166 Å². The molecule has 0 aromatic heterocycles. The summed E-state index contributed by atoms with van der Waals surface area (Å²) in [6.45, 7) is 3.90. The van der Waals surface area contributed by atoms with Crippen molar-refractivity contribution < 1.29 is 49.0 Å². The monoisotopic (exact) mass is 421 g/mol. The summed E-state index contributed by atoms with van der Waals surface area (Å²) < 4.78 is 16.3. The average Bonchev–Trinajstić information content (AvgIpc) is 2.60. The van der Waals surface area contributed by atoms with Crippen molar-refractivity contribution in [3.63, 3.8) is 0 Å². The van der Waals surface area contributed by atoms with Crippen LogP contribution in [0.4, 0.5) is 0 Å². The van der Waals surface area contributed by atoms with Gasteiger partial charge in [-0.2, -0.15) is 0 Å². The number of carboxylic acid groups (broad SMARTS) is 1. The summed E-state index contributed by atoms with van der Waals surface area (Å²) in [5.74, 6) is -2.68. The van der Waals surface area contributed by atoms with Crippen molar-refractivity contribution in [1.82, 2.24) is 10.6 Å². The van der Waals surface area contributed by atoms with Gasteiger partial charge in [-0.05, 0) is 6.92 Å². The van der Waals surface area contributed by atoms with Crippen molar-refractivity contribution >= 4 is 17.8 Å². The molecule has 2 saturated heterocycles. The molecule has 13 heteroatoms. The van der Waals surface area contributed by atoms with E-state index in [-0.39, 0.29) is 0 Å². The van der Waals surface area contributed by atoms with E-state index < -0.39 is 79.0 Å². The third kappa shape index (κ3) is 5.19. The molecule has 2 aliphatic heterocycles. The van der Waals surface area contributed by atoms with Crippen LogP contribution >= 0.6 is 0 Å². The van der Waals surface area contributed by atoms with Gasteiger partial charge in [0.2, 0.25) is 11.8 Å². The number of amides is 2. The molecule has 0 saturated carbocycles. The van der Waals surface area contributed by atoms with E-state index in [0.717, 1.165) is 6.92 Å². The van der Waals surface area contributed by atoms with Gasteiger partial charge in [0.25, 0.3) is 0 Å². The van der Waals surface area contributed by atoms with Crippen LogP contribution in [0.5, 0.6) is 0 Å². The van der Waals surface area contributed by atoms with Gasteiger partial charge < -0.3 is 51.0 Å². The van der Waals surface area contributed by atoms with Gasteiger partial charge in [-0.3, -0.25) is 9.59 Å². The van der Waals surface area contributed by atoms with E-state index in [9.17, 15) is 34.8 Å². The van der Waals surface area contributed by atoms with Gasteiger partial charge in [-0.15, -0.1) is 0 Å². The van der Waals surface area contributed by atoms with Crippen molar-refractivity contribution in [3.05, 3.63) is 0 Å². The second kappa shape index (κ2) is 9.30. The van der Waals surface area contributed by atoms with Gasteiger partial charge in [-0.1, -0.05) is 0 Å². The minimum Gasteiger partial charge on any atom is -0.479 e. The van der Waals surface area contributed by atoms with Crippen LogP contribution in [0.25, 0.3) is 0 Å². The number of aliphatic carboxylic acids is 1. The van der Waals surface area contributed by atoms with Gasteiger partial charge in [-0.25, -0.2) is 4.79 Å². The lowest BCUT2D eigenvalue weighted by Gasteiger charge is -2.47. The van der Waals surface area contributed by atoms with E-state index in [1.54, 1.807) is 6.92 Å². The highest BCUT2D eigenvalue weighted by Gasteiger charge is 2.52. The molecule has 2 amide bonds. The summed E-state index contributed by atoms with van der Waals surface area (Å²) in [7, 11) is 0. The van der Waals surface area contributed by atoms with E-state index in [4.69, 9.17) is 19.9 Å². The fourth-order valence-corrected chi connectivity index (χ4v) is 3.35. The molecule has 0 spiro atoms. The third-order valence-electron chi connectivity index (χ3n) is 4.81. The first kappa shape index (κ1) is 23.4. The van der Waals surface area contributed by atoms with Crippen LogP contribution < -0.4 is 16.4 Å². The van der Waals surface area contributed by atoms with Gasteiger partial charge >= 0.3 is 5.97 Å². The van der Waals surface area contributed by atoms with Crippen LogP contribution in [0.1, 0.15) is 20.8 Å². The van der Waals surface area contributed by atoms with Crippen molar-refractivity contribution in [2.75, 3.05) is 0 Å². The normalized spacial score (nSPS) is 42.7. The first-order valence-electron chi connectivity index (χ1n) is 8.97. The lowest BCUT2D eigenvalue weighted by Crippen LogP contribution is -2.70. The molecule has 8 N–H and O–H groups in total. The van der Waals surface area contributed by atoms with Crippen molar-refractivity contribution in [2.45, 2.75) is 82.0 Å². The molecule has 0 bridgehead atoms. The smallest absolute Gasteiger partial charge is 0.335 e. The highest BCUT2D eigenvalue weighted by Crippen LogP contribution is 2.28. The standard InChI is InChI=1S/C16H27N3O10/c1-4-7(17)12(9(15(26)27-4)19-6(3)21)28-16-8(18-5(2)20)10(22)11(23)13(29-16)14(24)25/h4,7-13,15-16,22-23,26H,17H2,1-3H3,(H,18,20)(H,19,21)(H,24,25)/t4-,7+,8+,9-,10+,11+,12+,13+,15-,16+/m1/s1. The fraction of sp³-hybridized carbons (Fsp3) is 0.812. The summed E-state index contributed by atoms with van der Waals surface area (Å²) in [6, 6.07) is -3.39. The van der Waals surface area contributed by atoms with Crippen LogP contribution in [-0.4, -0.2) is 99.4 Å². The van der Waals surface area contributed by atoms with Crippen LogP contribution in [0.15, 0.2) is 0 Å². The average molecular weight is 421 g/mol. The zero-order chi connectivity index (χ0) is 22.0. The summed E-state index contributed by atoms with van der Waals surface area (Å²) in [4.78, 5) is 34.4. The van der Waals surface area contributed by atoms with Gasteiger partial charge in [0.15, 0.2) is 18.7 Å². The Balaban J connectivity index is 2.33. The van der Waals surface area contributed by atoms with Gasteiger partial charge in [0.1, 0.15) is 30.4 Å². The molecule has 0 radical (unpaired) electrons. The van der Waals surface area contributed by atoms with Crippen LogP contribution in [0.3, 0.4) is 0 Å². The Morgan fingerprint density at radius 3 is 2.03 bits per heavy atom. The number of nitrogens with one attached hydrogen (secondary N) is 2. The summed E-state index contributed by atoms with van der Waals surface area (Å²) in [5.41, 5.74) is 6.09. The number of nitrogens with two attached hydrogens (primary N) is 1. The first-order valence-corrected chi connectivity index (χ1v) is 8.97. The predicted octanol–water partition coefficient (Wildman–Crippen LogP) is -4.02. The molecule has 0 aromatic carbocycles. The quantitative estimate of drug-likeness (QED) is 0.227. The Bertz CT molecular complexity index is 634. The first-order chi connectivity index (χ1) is 13.4. The summed E-state index contributed by atoms with van der Waals surface area (Å²) in [6.07, 6.45) is -10.3. The molecule has 0 aromatic rings. The van der Waals surface area contributed by atoms with E-state index in [0.29, 0.717) is 0 Å². The second-order valence-electron chi connectivity index (χ2n) is 7.11. The minimum atomic E-state index is -1.85. The Hall–Kier alpha value is -1.87. The topological polar surface area (TPSA) is 210 Å². The predicted molar refractivity (Wildman–Crippen MR) is 92.9 cm³/mol. The molecule has 2 aliphatic rings. The molecule has 0 unspecified atom stereocenters. The van der Waals surface area contributed by atoms with Crippen molar-refractivity contribution in [3.8, 4) is 0 Å². The van der Waals surface area contributed by atoms with Gasteiger partial charge in [0, 0.05) is 13.8 Å². The maximum absolute atomic E-state index is 11.5. The molecule has 2 fully saturated rings. The minimum absolute atomic E-state index is 0.519. The highest BCUT2D eigenvalue weighted by molar-refractivity contribution is 5.75. The molecular formula is C16H27N3O10. The number of rotatable bonds is 5. The van der Waals surface area contributed by atoms with E-state index in [2.05, 4.69) is 10.6 Å². The molecule has 10 atom stereocenters. The highest BCUT2D eigenvalue weighted by atomic mass is 16.7. The number of carbonyl (C=O) groups is 3. The maximum atomic E-state index is 11.5. The van der Waals surface area contributed by atoms with E-state index in [1.165, 1.54) is 6.92 Å². The van der Waals surface area contributed by atoms with E-state index in [1.807, 2.05) is 0 Å². The molecule has 13 nitrogen and oxygen atoms in total. The number of carboxylic acids is 1. The van der Waals surface area contributed by atoms with Crippen LogP contribution in [-0.2, 0) is 28.6 Å². The maximum Gasteiger partial charge on any atom is 0.335 e. The summed E-state index contributed by atoms with van der Waals surface area (Å²) in [5, 5.41) is 44.6. The second-order valence-corrected chi connectivity index (χ2v) is 7.11. The molecule has 29 heavy (non-hydrogen) atoms. The van der Waals surface area contributed by atoms with Crippen molar-refractivity contribution in [1.29, 1.82) is 0 Å². The van der Waals surface area contributed by atoms with E-state index >= 15 is 0 Å². The lowest BCUT2D eigenvalue weighted by molar-refractivity contribution is -0.300. The largest absolute Gasteiger partial charge is 0.479 e. The third-order valence-corrected chi connectivity index (χ3v) is 4.81. The lowest BCUT2D eigenvalue weighted by atomic mass is 9.93.